The number of hydrogen-bond acceptors (Lipinski definition) is 3. The number of carbonyl (C=O) groups excluding carboxylic acids is 1. The van der Waals surface area contributed by atoms with Crippen molar-refractivity contribution >= 4 is 5.91 Å². The van der Waals surface area contributed by atoms with E-state index in [0.717, 1.165) is 5.56 Å². The maximum atomic E-state index is 11.6. The molecule has 0 radical (unpaired) electrons. The second-order valence-corrected chi connectivity index (χ2v) is 3.76. The smallest absolute Gasteiger partial charge is 0.265 e. The van der Waals surface area contributed by atoms with Gasteiger partial charge in [-0.1, -0.05) is 18.2 Å². The molecule has 3 N–H and O–H groups in total. The van der Waals surface area contributed by atoms with E-state index in [-0.39, 0.29) is 5.91 Å². The summed E-state index contributed by atoms with van der Waals surface area (Å²) in [6.45, 7) is 0.458. The molecule has 0 spiro atoms. The zero-order valence-electron chi connectivity index (χ0n) is 9.63. The Morgan fingerprint density at radius 1 is 1.33 bits per heavy atom. The fourth-order valence-electron chi connectivity index (χ4n) is 1.79. The van der Waals surface area contributed by atoms with Gasteiger partial charge >= 0.3 is 0 Å². The minimum atomic E-state index is -0.337. The summed E-state index contributed by atoms with van der Waals surface area (Å²) in [5.74, 6) is 4.81. The summed E-state index contributed by atoms with van der Waals surface area (Å²) >= 11 is 0. The molecule has 2 rings (SSSR count). The lowest BCUT2D eigenvalue weighted by Gasteiger charge is -2.09. The minimum absolute atomic E-state index is 0.337. The molecule has 2 aromatic rings. The van der Waals surface area contributed by atoms with Crippen molar-refractivity contribution in [2.24, 2.45) is 5.84 Å². The third-order valence-electron chi connectivity index (χ3n) is 2.68. The highest BCUT2D eigenvalue weighted by molar-refractivity contribution is 5.95. The van der Waals surface area contributed by atoms with E-state index in [1.54, 1.807) is 35.0 Å². The van der Waals surface area contributed by atoms with E-state index in [0.29, 0.717) is 17.8 Å². The molecule has 90 valence electrons. The first-order valence-corrected chi connectivity index (χ1v) is 5.40. The van der Waals surface area contributed by atoms with Crippen LogP contribution in [-0.2, 0) is 6.54 Å². The summed E-state index contributed by atoms with van der Waals surface area (Å²) in [5.41, 5.74) is 4.00. The summed E-state index contributed by atoms with van der Waals surface area (Å²) in [6, 6.07) is 12.8. The van der Waals surface area contributed by atoms with Gasteiger partial charge in [-0.15, -0.1) is 0 Å². The Kier molecular flexibility index (Phi) is 3.41. The summed E-state index contributed by atoms with van der Waals surface area (Å²) < 4.78 is 1.78. The maximum Gasteiger partial charge on any atom is 0.265 e. The number of hydrogen-bond donors (Lipinski definition) is 2. The zero-order valence-corrected chi connectivity index (χ0v) is 9.63. The van der Waals surface area contributed by atoms with Crippen LogP contribution in [-0.4, -0.2) is 10.5 Å². The number of hydrazine groups is 1. The number of nitrogens with zero attached hydrogens (tertiary/aromatic N) is 2. The van der Waals surface area contributed by atoms with Crippen LogP contribution >= 0.6 is 0 Å². The quantitative estimate of drug-likeness (QED) is 0.477. The maximum absolute atomic E-state index is 11.6. The molecule has 1 heterocycles. The van der Waals surface area contributed by atoms with E-state index in [2.05, 4.69) is 11.5 Å². The van der Waals surface area contributed by atoms with E-state index in [9.17, 15) is 4.79 Å². The standard InChI is InChI=1S/C13H12N4O/c14-8-11-5-3-7-17(11)9-10-4-1-2-6-12(10)13(18)16-15/h1-7H,9,15H2,(H,16,18). The first kappa shape index (κ1) is 11.9. The molecule has 0 unspecified atom stereocenters. The number of carbonyl (C=O) groups is 1. The van der Waals surface area contributed by atoms with Crippen LogP contribution in [0.4, 0.5) is 0 Å². The predicted molar refractivity (Wildman–Crippen MR) is 66.3 cm³/mol. The van der Waals surface area contributed by atoms with Crippen molar-refractivity contribution in [2.45, 2.75) is 6.54 Å². The summed E-state index contributed by atoms with van der Waals surface area (Å²) in [5, 5.41) is 8.94. The normalized spacial score (nSPS) is 9.78. The van der Waals surface area contributed by atoms with Crippen molar-refractivity contribution in [1.29, 1.82) is 5.26 Å². The lowest BCUT2D eigenvalue weighted by atomic mass is 10.1. The fourth-order valence-corrected chi connectivity index (χ4v) is 1.79. The van der Waals surface area contributed by atoms with Crippen LogP contribution in [0.1, 0.15) is 21.6 Å². The molecule has 0 atom stereocenters. The Hall–Kier alpha value is -2.58. The Balaban J connectivity index is 2.35. The van der Waals surface area contributed by atoms with Gasteiger partial charge < -0.3 is 4.57 Å². The molecule has 1 amide bonds. The third-order valence-corrected chi connectivity index (χ3v) is 2.68. The monoisotopic (exact) mass is 240 g/mol. The van der Waals surface area contributed by atoms with E-state index >= 15 is 0 Å². The molecular weight excluding hydrogens is 228 g/mol. The molecule has 0 aliphatic heterocycles. The minimum Gasteiger partial charge on any atom is -0.335 e. The average Bonchev–Trinajstić information content (AvgIpc) is 2.86. The summed E-state index contributed by atoms with van der Waals surface area (Å²) in [7, 11) is 0. The van der Waals surface area contributed by atoms with Gasteiger partial charge in [0.25, 0.3) is 5.91 Å². The van der Waals surface area contributed by atoms with Gasteiger partial charge in [0.1, 0.15) is 11.8 Å². The predicted octanol–water partition coefficient (Wildman–Crippen LogP) is 1.01. The molecule has 5 nitrogen and oxygen atoms in total. The molecule has 0 aliphatic rings. The van der Waals surface area contributed by atoms with Gasteiger partial charge in [0.15, 0.2) is 0 Å². The Labute approximate surface area is 104 Å². The molecule has 0 saturated heterocycles. The number of nitrogens with two attached hydrogens (primary N) is 1. The molecule has 1 aromatic carbocycles. The number of aromatic nitrogens is 1. The Morgan fingerprint density at radius 3 is 2.83 bits per heavy atom. The summed E-state index contributed by atoms with van der Waals surface area (Å²) in [4.78, 5) is 11.6. The first-order valence-electron chi connectivity index (χ1n) is 5.40. The van der Waals surface area contributed by atoms with Crippen molar-refractivity contribution in [3.63, 3.8) is 0 Å². The lowest BCUT2D eigenvalue weighted by Crippen LogP contribution is -2.31. The molecule has 5 heteroatoms. The van der Waals surface area contributed by atoms with Gasteiger partial charge in [-0.25, -0.2) is 5.84 Å². The van der Waals surface area contributed by atoms with Crippen molar-refractivity contribution in [1.82, 2.24) is 9.99 Å². The van der Waals surface area contributed by atoms with E-state index < -0.39 is 0 Å². The van der Waals surface area contributed by atoms with E-state index in [4.69, 9.17) is 11.1 Å². The highest BCUT2D eigenvalue weighted by atomic mass is 16.2. The second kappa shape index (κ2) is 5.17. The third kappa shape index (κ3) is 2.24. The molecule has 1 aromatic heterocycles. The van der Waals surface area contributed by atoms with Gasteiger partial charge in [-0.2, -0.15) is 5.26 Å². The van der Waals surface area contributed by atoms with Crippen molar-refractivity contribution in [3.05, 3.63) is 59.4 Å². The van der Waals surface area contributed by atoms with Gasteiger partial charge in [0, 0.05) is 18.3 Å². The molecule has 0 saturated carbocycles. The number of nitrogens with one attached hydrogen (secondary N) is 1. The number of benzene rings is 1. The largest absolute Gasteiger partial charge is 0.335 e. The van der Waals surface area contributed by atoms with E-state index in [1.165, 1.54) is 0 Å². The van der Waals surface area contributed by atoms with E-state index in [1.807, 2.05) is 12.1 Å². The van der Waals surface area contributed by atoms with Crippen molar-refractivity contribution < 1.29 is 4.79 Å². The number of amides is 1. The van der Waals surface area contributed by atoms with Crippen molar-refractivity contribution in [3.8, 4) is 6.07 Å². The van der Waals surface area contributed by atoms with Gasteiger partial charge in [-0.3, -0.25) is 10.2 Å². The molecule has 0 fully saturated rings. The van der Waals surface area contributed by atoms with Crippen LogP contribution < -0.4 is 11.3 Å². The van der Waals surface area contributed by atoms with Gasteiger partial charge in [0.05, 0.1) is 0 Å². The number of nitriles is 1. The highest BCUT2D eigenvalue weighted by Gasteiger charge is 2.10. The second-order valence-electron chi connectivity index (χ2n) is 3.76. The zero-order chi connectivity index (χ0) is 13.0. The Bertz CT molecular complexity index is 609. The topological polar surface area (TPSA) is 83.8 Å². The first-order chi connectivity index (χ1) is 8.76. The van der Waals surface area contributed by atoms with Crippen LogP contribution in [0.2, 0.25) is 0 Å². The Morgan fingerprint density at radius 2 is 2.11 bits per heavy atom. The molecule has 0 aliphatic carbocycles. The van der Waals surface area contributed by atoms with Crippen LogP contribution in [0, 0.1) is 11.3 Å². The SMILES string of the molecule is N#Cc1cccn1Cc1ccccc1C(=O)NN. The summed E-state index contributed by atoms with van der Waals surface area (Å²) in [6.07, 6.45) is 1.80. The lowest BCUT2D eigenvalue weighted by molar-refractivity contribution is 0.0952. The van der Waals surface area contributed by atoms with Gasteiger partial charge in [0.2, 0.25) is 0 Å². The average molecular weight is 240 g/mol. The molecule has 18 heavy (non-hydrogen) atoms. The van der Waals surface area contributed by atoms with Crippen LogP contribution in [0.5, 0.6) is 0 Å². The number of rotatable bonds is 3. The highest BCUT2D eigenvalue weighted by Crippen LogP contribution is 2.12. The van der Waals surface area contributed by atoms with Crippen molar-refractivity contribution in [2.75, 3.05) is 0 Å². The molecule has 0 bridgehead atoms. The molecular formula is C13H12N4O. The number of nitrogen functional groups attached to an aromatic ring is 1. The van der Waals surface area contributed by atoms with Crippen LogP contribution in [0.3, 0.4) is 0 Å². The van der Waals surface area contributed by atoms with Crippen LogP contribution in [0.25, 0.3) is 0 Å². The van der Waals surface area contributed by atoms with Crippen LogP contribution in [0.15, 0.2) is 42.6 Å². The van der Waals surface area contributed by atoms with Gasteiger partial charge in [-0.05, 0) is 23.8 Å². The fraction of sp³-hybridized carbons (Fsp3) is 0.0769.